The minimum absolute atomic E-state index is 0.759. The molecule has 1 fully saturated rings. The summed E-state index contributed by atoms with van der Waals surface area (Å²) in [4.78, 5) is 6.63. The van der Waals surface area contributed by atoms with E-state index < -0.39 is 0 Å². The Labute approximate surface area is 126 Å². The molecule has 2 aromatic rings. The zero-order valence-corrected chi connectivity index (χ0v) is 13.1. The van der Waals surface area contributed by atoms with Gasteiger partial charge in [0, 0.05) is 44.8 Å². The molecule has 1 N–H and O–H groups in total. The van der Waals surface area contributed by atoms with Crippen LogP contribution in [0.3, 0.4) is 0 Å². The molecule has 1 saturated carbocycles. The zero-order valence-electron chi connectivity index (χ0n) is 13.1. The molecule has 1 aliphatic rings. The van der Waals surface area contributed by atoms with E-state index in [0.717, 1.165) is 25.0 Å². The zero-order chi connectivity index (χ0) is 14.8. The first kappa shape index (κ1) is 14.1. The first-order chi connectivity index (χ1) is 10.1. The van der Waals surface area contributed by atoms with Crippen molar-refractivity contribution < 1.29 is 0 Å². The maximum Gasteiger partial charge on any atom is 0.127 e. The highest BCUT2D eigenvalue weighted by Crippen LogP contribution is 2.22. The van der Waals surface area contributed by atoms with Gasteiger partial charge in [-0.15, -0.1) is 0 Å². The van der Waals surface area contributed by atoms with Crippen molar-refractivity contribution in [3.8, 4) is 0 Å². The van der Waals surface area contributed by atoms with Gasteiger partial charge in [-0.2, -0.15) is 0 Å². The van der Waals surface area contributed by atoms with E-state index in [0.29, 0.717) is 0 Å². The van der Waals surface area contributed by atoms with Crippen LogP contribution in [0.25, 0.3) is 0 Å². The summed E-state index contributed by atoms with van der Waals surface area (Å²) in [7, 11) is 4.15. The Morgan fingerprint density at radius 3 is 2.81 bits per heavy atom. The van der Waals surface area contributed by atoms with Crippen molar-refractivity contribution >= 4 is 5.69 Å². The lowest BCUT2D eigenvalue weighted by Crippen LogP contribution is -2.20. The number of hydrogen-bond donors (Lipinski definition) is 1. The van der Waals surface area contributed by atoms with Gasteiger partial charge in [0.1, 0.15) is 5.82 Å². The van der Waals surface area contributed by atoms with Crippen LogP contribution in [0.15, 0.2) is 30.6 Å². The van der Waals surface area contributed by atoms with E-state index >= 15 is 0 Å². The SMILES string of the molecule is Cc1cc(N(C)Cc2nccn2C)ccc1CNC1CC1. The summed E-state index contributed by atoms with van der Waals surface area (Å²) >= 11 is 0. The van der Waals surface area contributed by atoms with Crippen LogP contribution in [0, 0.1) is 6.92 Å². The maximum absolute atomic E-state index is 4.39. The monoisotopic (exact) mass is 284 g/mol. The van der Waals surface area contributed by atoms with Gasteiger partial charge in [0.15, 0.2) is 0 Å². The Morgan fingerprint density at radius 2 is 2.19 bits per heavy atom. The summed E-state index contributed by atoms with van der Waals surface area (Å²) in [5.41, 5.74) is 3.99. The number of hydrogen-bond acceptors (Lipinski definition) is 3. The molecule has 1 aromatic heterocycles. The molecular weight excluding hydrogens is 260 g/mol. The number of aryl methyl sites for hydroxylation is 2. The summed E-state index contributed by atoms with van der Waals surface area (Å²) in [6.07, 6.45) is 6.51. The third-order valence-corrected chi connectivity index (χ3v) is 4.23. The Bertz CT molecular complexity index is 613. The van der Waals surface area contributed by atoms with Crippen LogP contribution in [0.5, 0.6) is 0 Å². The summed E-state index contributed by atoms with van der Waals surface area (Å²) in [6.45, 7) is 4.00. The van der Waals surface area contributed by atoms with Gasteiger partial charge < -0.3 is 14.8 Å². The van der Waals surface area contributed by atoms with Crippen molar-refractivity contribution in [2.45, 2.75) is 38.9 Å². The van der Waals surface area contributed by atoms with E-state index in [9.17, 15) is 0 Å². The number of rotatable bonds is 6. The molecule has 0 unspecified atom stereocenters. The predicted octanol–water partition coefficient (Wildman–Crippen LogP) is 2.62. The summed E-state index contributed by atoms with van der Waals surface area (Å²) in [5, 5.41) is 3.58. The topological polar surface area (TPSA) is 33.1 Å². The second-order valence-corrected chi connectivity index (χ2v) is 6.08. The van der Waals surface area contributed by atoms with Gasteiger partial charge >= 0.3 is 0 Å². The van der Waals surface area contributed by atoms with Gasteiger partial charge in [-0.25, -0.2) is 4.98 Å². The third-order valence-electron chi connectivity index (χ3n) is 4.23. The minimum Gasteiger partial charge on any atom is -0.367 e. The lowest BCUT2D eigenvalue weighted by atomic mass is 10.1. The smallest absolute Gasteiger partial charge is 0.127 e. The van der Waals surface area contributed by atoms with Crippen molar-refractivity contribution in [1.82, 2.24) is 14.9 Å². The molecule has 1 aromatic carbocycles. The molecule has 1 aliphatic carbocycles. The second-order valence-electron chi connectivity index (χ2n) is 6.08. The van der Waals surface area contributed by atoms with Crippen molar-refractivity contribution in [3.05, 3.63) is 47.5 Å². The summed E-state index contributed by atoms with van der Waals surface area (Å²) in [6, 6.07) is 7.48. The standard InChI is InChI=1S/C17H24N4/c1-13-10-16(7-4-14(13)11-19-15-5-6-15)21(3)12-17-18-8-9-20(17)2/h4,7-10,15,19H,5-6,11-12H2,1-3H3. The van der Waals surface area contributed by atoms with Gasteiger partial charge in [-0.3, -0.25) is 0 Å². The first-order valence-electron chi connectivity index (χ1n) is 7.64. The maximum atomic E-state index is 4.39. The van der Waals surface area contributed by atoms with Gasteiger partial charge in [0.05, 0.1) is 6.54 Å². The Balaban J connectivity index is 1.66. The third kappa shape index (κ3) is 3.45. The van der Waals surface area contributed by atoms with E-state index in [1.54, 1.807) is 0 Å². The average molecular weight is 284 g/mol. The molecule has 4 nitrogen and oxygen atoms in total. The van der Waals surface area contributed by atoms with E-state index in [4.69, 9.17) is 0 Å². The number of anilines is 1. The van der Waals surface area contributed by atoms with Crippen molar-refractivity contribution in [3.63, 3.8) is 0 Å². The largest absolute Gasteiger partial charge is 0.367 e. The number of benzene rings is 1. The Hall–Kier alpha value is -1.81. The van der Waals surface area contributed by atoms with Crippen molar-refractivity contribution in [1.29, 1.82) is 0 Å². The lowest BCUT2D eigenvalue weighted by Gasteiger charge is -2.20. The molecule has 4 heteroatoms. The second kappa shape index (κ2) is 5.90. The fourth-order valence-electron chi connectivity index (χ4n) is 2.51. The highest BCUT2D eigenvalue weighted by molar-refractivity contribution is 5.50. The lowest BCUT2D eigenvalue weighted by molar-refractivity contribution is 0.685. The number of imidazole rings is 1. The molecule has 3 rings (SSSR count). The van der Waals surface area contributed by atoms with Crippen LogP contribution in [0.2, 0.25) is 0 Å². The van der Waals surface area contributed by atoms with Gasteiger partial charge in [-0.05, 0) is 43.0 Å². The number of aromatic nitrogens is 2. The molecule has 0 bridgehead atoms. The molecule has 0 radical (unpaired) electrons. The summed E-state index contributed by atoms with van der Waals surface area (Å²) in [5.74, 6) is 1.08. The molecule has 21 heavy (non-hydrogen) atoms. The molecule has 0 spiro atoms. The van der Waals surface area contributed by atoms with Crippen molar-refractivity contribution in [2.75, 3.05) is 11.9 Å². The van der Waals surface area contributed by atoms with Crippen LogP contribution >= 0.6 is 0 Å². The first-order valence-corrected chi connectivity index (χ1v) is 7.64. The molecule has 0 aliphatic heterocycles. The minimum atomic E-state index is 0.759. The molecule has 0 atom stereocenters. The van der Waals surface area contributed by atoms with E-state index in [-0.39, 0.29) is 0 Å². The molecule has 0 saturated heterocycles. The fraction of sp³-hybridized carbons (Fsp3) is 0.471. The fourth-order valence-corrected chi connectivity index (χ4v) is 2.51. The van der Waals surface area contributed by atoms with E-state index in [1.165, 1.54) is 29.7 Å². The van der Waals surface area contributed by atoms with Crippen LogP contribution in [-0.2, 0) is 20.1 Å². The average Bonchev–Trinajstić information content (AvgIpc) is 3.21. The van der Waals surface area contributed by atoms with Gasteiger partial charge in [-0.1, -0.05) is 6.07 Å². The number of nitrogens with zero attached hydrogens (tertiary/aromatic N) is 3. The molecule has 112 valence electrons. The van der Waals surface area contributed by atoms with Crippen molar-refractivity contribution in [2.24, 2.45) is 7.05 Å². The molecular formula is C17H24N4. The number of nitrogens with one attached hydrogen (secondary N) is 1. The van der Waals surface area contributed by atoms with Gasteiger partial charge in [0.2, 0.25) is 0 Å². The van der Waals surface area contributed by atoms with Crippen LogP contribution in [-0.4, -0.2) is 22.6 Å². The predicted molar refractivity (Wildman–Crippen MR) is 86.4 cm³/mol. The Morgan fingerprint density at radius 1 is 1.38 bits per heavy atom. The van der Waals surface area contributed by atoms with E-state index in [2.05, 4.69) is 51.9 Å². The highest BCUT2D eigenvalue weighted by atomic mass is 15.2. The summed E-state index contributed by atoms with van der Waals surface area (Å²) < 4.78 is 2.07. The van der Waals surface area contributed by atoms with Gasteiger partial charge in [0.25, 0.3) is 0 Å². The van der Waals surface area contributed by atoms with E-state index in [1.807, 2.05) is 19.4 Å². The normalized spacial score (nSPS) is 14.4. The quantitative estimate of drug-likeness (QED) is 0.885. The van der Waals surface area contributed by atoms with Crippen LogP contribution in [0.4, 0.5) is 5.69 Å². The van der Waals surface area contributed by atoms with Crippen LogP contribution in [0.1, 0.15) is 29.8 Å². The highest BCUT2D eigenvalue weighted by Gasteiger charge is 2.20. The van der Waals surface area contributed by atoms with Crippen LogP contribution < -0.4 is 10.2 Å². The Kier molecular flexibility index (Phi) is 3.97. The molecule has 0 amide bonds. The molecule has 1 heterocycles.